The van der Waals surface area contributed by atoms with Crippen LogP contribution in [0.5, 0.6) is 5.75 Å². The third kappa shape index (κ3) is 2.63. The van der Waals surface area contributed by atoms with Crippen LogP contribution >= 0.6 is 0 Å². The van der Waals surface area contributed by atoms with Crippen LogP contribution in [0.2, 0.25) is 0 Å². The van der Waals surface area contributed by atoms with Crippen molar-refractivity contribution in [2.24, 2.45) is 5.92 Å². The molecule has 2 fully saturated rings. The zero-order valence-corrected chi connectivity index (χ0v) is 12.5. The zero-order valence-electron chi connectivity index (χ0n) is 11.6. The summed E-state index contributed by atoms with van der Waals surface area (Å²) in [4.78, 5) is 0. The van der Waals surface area contributed by atoms with E-state index < -0.39 is 11.2 Å². The molecule has 0 bridgehead atoms. The average Bonchev–Trinajstić information content (AvgIpc) is 3.29. The summed E-state index contributed by atoms with van der Waals surface area (Å²) in [6.07, 6.45) is 4.70. The largest absolute Gasteiger partial charge is 0.616 e. The molecule has 2 aliphatic carbocycles. The van der Waals surface area contributed by atoms with Crippen LogP contribution in [0, 0.1) is 5.92 Å². The normalized spacial score (nSPS) is 23.9. The number of aromatic hydroxyl groups is 1. The lowest BCUT2D eigenvalue weighted by molar-refractivity contribution is 0.450. The van der Waals surface area contributed by atoms with Gasteiger partial charge in [0, 0.05) is 5.56 Å². The van der Waals surface area contributed by atoms with E-state index in [9.17, 15) is 9.66 Å². The van der Waals surface area contributed by atoms with Crippen LogP contribution in [-0.2, 0) is 11.2 Å². The molecular weight excluding hydrogens is 256 g/mol. The highest BCUT2D eigenvalue weighted by atomic mass is 32.2. The molecule has 2 saturated carbocycles. The first-order valence-electron chi connectivity index (χ1n) is 7.30. The summed E-state index contributed by atoms with van der Waals surface area (Å²) in [5.74, 6) is 1.54. The van der Waals surface area contributed by atoms with Gasteiger partial charge in [0.25, 0.3) is 0 Å². The van der Waals surface area contributed by atoms with Gasteiger partial charge >= 0.3 is 0 Å². The summed E-state index contributed by atoms with van der Waals surface area (Å²) in [5.41, 5.74) is 1.91. The Bertz CT molecular complexity index is 466. The first-order chi connectivity index (χ1) is 9.09. The maximum Gasteiger partial charge on any atom is 0.141 e. The van der Waals surface area contributed by atoms with Gasteiger partial charge in [-0.2, -0.15) is 0 Å². The van der Waals surface area contributed by atoms with E-state index in [1.165, 1.54) is 12.8 Å². The van der Waals surface area contributed by atoms with Gasteiger partial charge in [-0.3, -0.25) is 0 Å². The molecule has 1 aromatic rings. The summed E-state index contributed by atoms with van der Waals surface area (Å²) in [7, 11) is 0. The van der Waals surface area contributed by atoms with Gasteiger partial charge in [0.15, 0.2) is 0 Å². The van der Waals surface area contributed by atoms with Gasteiger partial charge in [-0.1, -0.05) is 25.1 Å². The van der Waals surface area contributed by atoms with Crippen molar-refractivity contribution < 1.29 is 9.66 Å². The fourth-order valence-electron chi connectivity index (χ4n) is 2.84. The van der Waals surface area contributed by atoms with Crippen LogP contribution in [0.4, 0.5) is 0 Å². The molecule has 0 aromatic heterocycles. The Kier molecular flexibility index (Phi) is 3.52. The lowest BCUT2D eigenvalue weighted by Crippen LogP contribution is -2.15. The van der Waals surface area contributed by atoms with Crippen molar-refractivity contribution in [2.75, 3.05) is 0 Å². The molecule has 3 heteroatoms. The monoisotopic (exact) mass is 278 g/mol. The van der Waals surface area contributed by atoms with Crippen LogP contribution in [0.1, 0.15) is 61.8 Å². The SMILES string of the molecule is CC(c1cccc(C(C)[S+]([O-])C2CC2)c1O)C1CC1. The van der Waals surface area contributed by atoms with Crippen molar-refractivity contribution in [1.82, 2.24) is 0 Å². The van der Waals surface area contributed by atoms with E-state index in [4.69, 9.17) is 0 Å². The summed E-state index contributed by atoms with van der Waals surface area (Å²) in [5, 5.41) is 10.8. The van der Waals surface area contributed by atoms with Crippen molar-refractivity contribution in [2.45, 2.75) is 55.9 Å². The quantitative estimate of drug-likeness (QED) is 0.831. The van der Waals surface area contributed by atoms with Crippen LogP contribution < -0.4 is 0 Å². The van der Waals surface area contributed by atoms with E-state index in [-0.39, 0.29) is 5.25 Å². The maximum atomic E-state index is 12.3. The second-order valence-electron chi connectivity index (χ2n) is 6.08. The van der Waals surface area contributed by atoms with Crippen molar-refractivity contribution in [3.05, 3.63) is 29.3 Å². The smallest absolute Gasteiger partial charge is 0.141 e. The topological polar surface area (TPSA) is 43.3 Å². The lowest BCUT2D eigenvalue weighted by atomic mass is 9.93. The van der Waals surface area contributed by atoms with Gasteiger partial charge < -0.3 is 9.66 Å². The molecular formula is C16H22O2S. The van der Waals surface area contributed by atoms with E-state index in [2.05, 4.69) is 6.92 Å². The summed E-state index contributed by atoms with van der Waals surface area (Å²) < 4.78 is 12.3. The predicted molar refractivity (Wildman–Crippen MR) is 78.8 cm³/mol. The van der Waals surface area contributed by atoms with Gasteiger partial charge in [-0.05, 0) is 61.2 Å². The van der Waals surface area contributed by atoms with Gasteiger partial charge in [-0.25, -0.2) is 0 Å². The number of hydrogen-bond acceptors (Lipinski definition) is 2. The van der Waals surface area contributed by atoms with Gasteiger partial charge in [0.05, 0.1) is 0 Å². The van der Waals surface area contributed by atoms with E-state index >= 15 is 0 Å². The number of benzene rings is 1. The molecule has 3 unspecified atom stereocenters. The van der Waals surface area contributed by atoms with Crippen molar-refractivity contribution >= 4 is 11.2 Å². The molecule has 2 aliphatic rings. The Morgan fingerprint density at radius 2 is 1.79 bits per heavy atom. The molecule has 0 heterocycles. The molecule has 2 nitrogen and oxygen atoms in total. The van der Waals surface area contributed by atoms with E-state index in [1.807, 2.05) is 25.1 Å². The van der Waals surface area contributed by atoms with Crippen LogP contribution in [0.3, 0.4) is 0 Å². The fourth-order valence-corrected chi connectivity index (χ4v) is 4.46. The van der Waals surface area contributed by atoms with Crippen LogP contribution in [-0.4, -0.2) is 14.9 Å². The second kappa shape index (κ2) is 5.02. The maximum absolute atomic E-state index is 12.3. The Balaban J connectivity index is 1.86. The predicted octanol–water partition coefficient (Wildman–Crippen LogP) is 3.88. The number of para-hydroxylation sites is 1. The number of rotatable bonds is 5. The minimum Gasteiger partial charge on any atom is -0.616 e. The molecule has 1 aromatic carbocycles. The van der Waals surface area contributed by atoms with Gasteiger partial charge in [-0.15, -0.1) is 0 Å². The molecule has 0 saturated heterocycles. The van der Waals surface area contributed by atoms with Crippen LogP contribution in [0.15, 0.2) is 18.2 Å². The van der Waals surface area contributed by atoms with Crippen LogP contribution in [0.25, 0.3) is 0 Å². The Labute approximate surface area is 118 Å². The fraction of sp³-hybridized carbons (Fsp3) is 0.625. The highest BCUT2D eigenvalue weighted by molar-refractivity contribution is 7.92. The lowest BCUT2D eigenvalue weighted by Gasteiger charge is -2.21. The molecule has 0 amide bonds. The number of hydrogen-bond donors (Lipinski definition) is 1. The Hall–Kier alpha value is -0.670. The molecule has 3 rings (SSSR count). The van der Waals surface area contributed by atoms with E-state index in [0.29, 0.717) is 16.9 Å². The number of phenols is 1. The second-order valence-corrected chi connectivity index (χ2v) is 8.11. The molecule has 0 aliphatic heterocycles. The zero-order chi connectivity index (χ0) is 13.6. The van der Waals surface area contributed by atoms with E-state index in [1.54, 1.807) is 0 Å². The minimum atomic E-state index is -0.843. The van der Waals surface area contributed by atoms with Gasteiger partial charge in [0.2, 0.25) is 0 Å². The summed E-state index contributed by atoms with van der Waals surface area (Å²) in [6.45, 7) is 4.17. The molecule has 104 valence electrons. The highest BCUT2D eigenvalue weighted by Crippen LogP contribution is 2.47. The molecule has 1 N–H and O–H groups in total. The highest BCUT2D eigenvalue weighted by Gasteiger charge is 2.39. The number of phenolic OH excluding ortho intramolecular Hbond substituents is 1. The standard InChI is InChI=1S/C16H22O2S/c1-10(12-6-7-12)14-4-3-5-15(16(14)17)11(2)19(18)13-8-9-13/h3-5,10-13,17H,6-9H2,1-2H3. The average molecular weight is 278 g/mol. The Morgan fingerprint density at radius 3 is 2.37 bits per heavy atom. The summed E-state index contributed by atoms with van der Waals surface area (Å²) in [6, 6.07) is 5.96. The molecule has 3 atom stereocenters. The summed E-state index contributed by atoms with van der Waals surface area (Å²) >= 11 is -0.843. The first-order valence-corrected chi connectivity index (χ1v) is 8.58. The third-order valence-corrected chi connectivity index (χ3v) is 6.64. The molecule has 0 spiro atoms. The van der Waals surface area contributed by atoms with Gasteiger partial charge in [0.1, 0.15) is 16.2 Å². The van der Waals surface area contributed by atoms with Crippen molar-refractivity contribution in [3.63, 3.8) is 0 Å². The minimum absolute atomic E-state index is 0.0566. The molecule has 0 radical (unpaired) electrons. The first kappa shape index (κ1) is 13.3. The third-order valence-electron chi connectivity index (χ3n) is 4.56. The van der Waals surface area contributed by atoms with Crippen molar-refractivity contribution in [1.29, 1.82) is 0 Å². The molecule has 19 heavy (non-hydrogen) atoms. The van der Waals surface area contributed by atoms with E-state index in [0.717, 1.165) is 29.9 Å². The van der Waals surface area contributed by atoms with Crippen molar-refractivity contribution in [3.8, 4) is 5.75 Å². The Morgan fingerprint density at radius 1 is 1.16 bits per heavy atom.